The van der Waals surface area contributed by atoms with Crippen LogP contribution in [0.5, 0.6) is 0 Å². The molecule has 1 unspecified atom stereocenters. The number of ether oxygens (including phenoxy) is 1. The molecule has 1 aliphatic rings. The van der Waals surface area contributed by atoms with Crippen molar-refractivity contribution in [3.05, 3.63) is 46.3 Å². The number of allylic oxidation sites excluding steroid dienone is 1. The molecule has 2 rings (SSSR count). The lowest BCUT2D eigenvalue weighted by molar-refractivity contribution is -0.991. The predicted molar refractivity (Wildman–Crippen MR) is 78.5 cm³/mol. The lowest BCUT2D eigenvalue weighted by atomic mass is 9.95. The largest absolute Gasteiger partial charge is 0.595 e. The second-order valence-electron chi connectivity index (χ2n) is 4.49. The zero-order chi connectivity index (χ0) is 15.6. The van der Waals surface area contributed by atoms with Crippen LogP contribution < -0.4 is 15.9 Å². The SMILES string of the molecule is COC(=O)C1=C(C)NC(=S)N[C@@H]1c1cccc([NH+]([O-])O)c1. The Morgan fingerprint density at radius 1 is 1.52 bits per heavy atom. The minimum atomic E-state index is -1.03. The van der Waals surface area contributed by atoms with Gasteiger partial charge in [0.05, 0.1) is 18.7 Å². The Kier molecular flexibility index (Phi) is 4.53. The third kappa shape index (κ3) is 3.19. The van der Waals surface area contributed by atoms with Crippen LogP contribution in [0.25, 0.3) is 0 Å². The Balaban J connectivity index is 2.48. The van der Waals surface area contributed by atoms with E-state index in [1.54, 1.807) is 19.1 Å². The van der Waals surface area contributed by atoms with Gasteiger partial charge in [-0.1, -0.05) is 12.1 Å². The Hall–Kier alpha value is -2.00. The zero-order valence-corrected chi connectivity index (χ0v) is 12.3. The zero-order valence-electron chi connectivity index (χ0n) is 11.5. The molecule has 1 heterocycles. The molecular formula is C13H15N3O4S. The van der Waals surface area contributed by atoms with Gasteiger partial charge in [-0.05, 0) is 24.7 Å². The smallest absolute Gasteiger partial charge is 0.337 e. The number of hydrogen-bond acceptors (Lipinski definition) is 5. The third-order valence-corrected chi connectivity index (χ3v) is 3.36. The molecule has 0 saturated heterocycles. The second-order valence-corrected chi connectivity index (χ2v) is 4.90. The summed E-state index contributed by atoms with van der Waals surface area (Å²) in [6, 6.07) is 5.79. The fourth-order valence-corrected chi connectivity index (χ4v) is 2.45. The first kappa shape index (κ1) is 15.4. The first-order valence-electron chi connectivity index (χ1n) is 6.14. The van der Waals surface area contributed by atoms with Crippen LogP contribution in [-0.2, 0) is 9.53 Å². The van der Waals surface area contributed by atoms with E-state index in [1.165, 1.54) is 19.2 Å². The monoisotopic (exact) mass is 309 g/mol. The molecule has 7 nitrogen and oxygen atoms in total. The standard InChI is InChI=1S/C13H15N3O4S/c1-7-10(12(17)20-2)11(15-13(21)14-7)8-4-3-5-9(6-8)16(18)19/h3-6,11,16,18H,1-2H3,(H2,14,15,21)/t11-/m1/s1. The highest BCUT2D eigenvalue weighted by atomic mass is 32.1. The molecule has 0 spiro atoms. The van der Waals surface area contributed by atoms with Gasteiger partial charge < -0.3 is 20.6 Å². The van der Waals surface area contributed by atoms with E-state index in [0.717, 1.165) is 0 Å². The Labute approximate surface area is 126 Å². The van der Waals surface area contributed by atoms with Gasteiger partial charge in [0.25, 0.3) is 0 Å². The van der Waals surface area contributed by atoms with Crippen LogP contribution in [0.2, 0.25) is 0 Å². The highest BCUT2D eigenvalue weighted by molar-refractivity contribution is 7.80. The number of hydrogen-bond donors (Lipinski definition) is 4. The average molecular weight is 309 g/mol. The summed E-state index contributed by atoms with van der Waals surface area (Å²) in [7, 11) is 1.29. The molecule has 112 valence electrons. The van der Waals surface area contributed by atoms with E-state index in [1.807, 2.05) is 0 Å². The van der Waals surface area contributed by atoms with Crippen molar-refractivity contribution in [3.8, 4) is 0 Å². The van der Waals surface area contributed by atoms with Gasteiger partial charge in [-0.25, -0.2) is 10.0 Å². The van der Waals surface area contributed by atoms with Gasteiger partial charge >= 0.3 is 5.97 Å². The van der Waals surface area contributed by atoms with Gasteiger partial charge in [-0.3, -0.25) is 0 Å². The summed E-state index contributed by atoms with van der Waals surface area (Å²) in [5, 5.41) is 25.3. The maximum Gasteiger partial charge on any atom is 0.337 e. The number of thiocarbonyl (C=S) groups is 1. The van der Waals surface area contributed by atoms with E-state index < -0.39 is 17.2 Å². The van der Waals surface area contributed by atoms with Crippen molar-refractivity contribution in [3.63, 3.8) is 0 Å². The molecule has 1 aliphatic heterocycles. The van der Waals surface area contributed by atoms with Gasteiger partial charge in [0.1, 0.15) is 0 Å². The van der Waals surface area contributed by atoms with Crippen molar-refractivity contribution in [2.75, 3.05) is 7.11 Å². The molecule has 21 heavy (non-hydrogen) atoms. The number of esters is 1. The van der Waals surface area contributed by atoms with Crippen LogP contribution in [0.1, 0.15) is 18.5 Å². The predicted octanol–water partition coefficient (Wildman–Crippen LogP) is 0.0558. The van der Waals surface area contributed by atoms with Gasteiger partial charge in [-0.15, -0.1) is 0 Å². The Bertz CT molecular complexity index is 615. The fraction of sp³-hybridized carbons (Fsp3) is 0.231. The van der Waals surface area contributed by atoms with Gasteiger partial charge in [0, 0.05) is 17.8 Å². The Morgan fingerprint density at radius 2 is 2.24 bits per heavy atom. The topological polar surface area (TPSA) is 98.1 Å². The number of carbonyl (C=O) groups is 1. The number of nitrogens with one attached hydrogen (secondary N) is 3. The minimum absolute atomic E-state index is 0.139. The molecule has 0 bridgehead atoms. The van der Waals surface area contributed by atoms with Gasteiger partial charge in [-0.2, -0.15) is 5.23 Å². The summed E-state index contributed by atoms with van der Waals surface area (Å²) in [6.45, 7) is 1.72. The van der Waals surface area contributed by atoms with Crippen molar-refractivity contribution >= 4 is 29.0 Å². The molecule has 1 aromatic carbocycles. The quantitative estimate of drug-likeness (QED) is 0.356. The number of methoxy groups -OCH3 is 1. The lowest BCUT2D eigenvalue weighted by Gasteiger charge is -2.29. The summed E-state index contributed by atoms with van der Waals surface area (Å²) in [6.07, 6.45) is 0. The number of benzene rings is 1. The van der Waals surface area contributed by atoms with E-state index in [4.69, 9.17) is 22.2 Å². The maximum absolute atomic E-state index is 12.0. The molecule has 0 saturated carbocycles. The highest BCUT2D eigenvalue weighted by Gasteiger charge is 2.30. The van der Waals surface area contributed by atoms with Gasteiger partial charge in [0.2, 0.25) is 0 Å². The molecule has 0 aliphatic carbocycles. The molecule has 0 radical (unpaired) electrons. The minimum Gasteiger partial charge on any atom is -0.595 e. The molecule has 0 amide bonds. The normalized spacial score (nSPS) is 19.6. The summed E-state index contributed by atoms with van der Waals surface area (Å²) >= 11 is 5.10. The summed E-state index contributed by atoms with van der Waals surface area (Å²) < 4.78 is 4.79. The van der Waals surface area contributed by atoms with Crippen molar-refractivity contribution < 1.29 is 20.0 Å². The second kappa shape index (κ2) is 6.19. The summed E-state index contributed by atoms with van der Waals surface area (Å²) in [5.74, 6) is -0.499. The molecule has 0 aromatic heterocycles. The van der Waals surface area contributed by atoms with E-state index in [9.17, 15) is 10.0 Å². The van der Waals surface area contributed by atoms with Crippen molar-refractivity contribution in [2.24, 2.45) is 0 Å². The number of quaternary nitrogens is 1. The fourth-order valence-electron chi connectivity index (χ4n) is 2.18. The van der Waals surface area contributed by atoms with Crippen LogP contribution in [-0.4, -0.2) is 23.4 Å². The Morgan fingerprint density at radius 3 is 2.86 bits per heavy atom. The first-order chi connectivity index (χ1) is 9.93. The van der Waals surface area contributed by atoms with Crippen LogP contribution in [0, 0.1) is 5.21 Å². The molecular weight excluding hydrogens is 294 g/mol. The first-order valence-corrected chi connectivity index (χ1v) is 6.54. The third-order valence-electron chi connectivity index (χ3n) is 3.14. The van der Waals surface area contributed by atoms with E-state index in [0.29, 0.717) is 21.9 Å². The van der Waals surface area contributed by atoms with Crippen molar-refractivity contribution in [1.29, 1.82) is 0 Å². The summed E-state index contributed by atoms with van der Waals surface area (Å²) in [4.78, 5) is 12.0. The molecule has 1 aromatic rings. The van der Waals surface area contributed by atoms with Crippen molar-refractivity contribution in [2.45, 2.75) is 13.0 Å². The van der Waals surface area contributed by atoms with E-state index in [2.05, 4.69) is 10.6 Å². The highest BCUT2D eigenvalue weighted by Crippen LogP contribution is 2.28. The van der Waals surface area contributed by atoms with Crippen LogP contribution in [0.3, 0.4) is 0 Å². The van der Waals surface area contributed by atoms with Gasteiger partial charge in [0.15, 0.2) is 10.8 Å². The molecule has 0 fully saturated rings. The number of rotatable bonds is 3. The molecule has 2 atom stereocenters. The molecule has 8 heteroatoms. The van der Waals surface area contributed by atoms with Crippen LogP contribution in [0.4, 0.5) is 5.69 Å². The van der Waals surface area contributed by atoms with E-state index in [-0.39, 0.29) is 5.69 Å². The summed E-state index contributed by atoms with van der Waals surface area (Å²) in [5.41, 5.74) is 1.71. The number of carbonyl (C=O) groups excluding carboxylic acids is 1. The van der Waals surface area contributed by atoms with Crippen LogP contribution in [0.15, 0.2) is 35.5 Å². The lowest BCUT2D eigenvalue weighted by Crippen LogP contribution is -2.99. The average Bonchev–Trinajstić information content (AvgIpc) is 2.45. The van der Waals surface area contributed by atoms with E-state index >= 15 is 0 Å². The maximum atomic E-state index is 12.0. The molecule has 4 N–H and O–H groups in total. The van der Waals surface area contributed by atoms with Crippen molar-refractivity contribution in [1.82, 2.24) is 10.6 Å². The van der Waals surface area contributed by atoms with Crippen LogP contribution >= 0.6 is 12.2 Å².